The summed E-state index contributed by atoms with van der Waals surface area (Å²) in [7, 11) is 0. The molecule has 5 nitrogen and oxygen atoms in total. The highest BCUT2D eigenvalue weighted by Crippen LogP contribution is 2.22. The highest BCUT2D eigenvalue weighted by atomic mass is 16.5. The molecule has 2 aliphatic rings. The molecule has 21 heavy (non-hydrogen) atoms. The summed E-state index contributed by atoms with van der Waals surface area (Å²) in [5.41, 5.74) is 1.57. The number of carbonyl (C=O) groups is 1. The average Bonchev–Trinajstić information content (AvgIpc) is 3.11. The standard InChI is InChI=1S/C16H19N3O2/c1-12-15(11-17-10-14-8-5-9-21-14)16(20)19(18-12)13-6-3-2-4-7-13/h2-4,6-7,11,14-15H,5,8-10H2,1H3/t14-,15+/m0/s1. The molecule has 2 atom stereocenters. The Balaban J connectivity index is 1.66. The summed E-state index contributed by atoms with van der Waals surface area (Å²) in [6.07, 6.45) is 4.08. The number of nitrogens with zero attached hydrogens (tertiary/aromatic N) is 3. The lowest BCUT2D eigenvalue weighted by Gasteiger charge is -2.12. The first-order valence-electron chi connectivity index (χ1n) is 7.31. The van der Waals surface area contributed by atoms with Gasteiger partial charge in [0.1, 0.15) is 5.92 Å². The Morgan fingerprint density at radius 3 is 2.95 bits per heavy atom. The number of ether oxygens (including phenoxy) is 1. The van der Waals surface area contributed by atoms with Gasteiger partial charge in [0.2, 0.25) is 0 Å². The van der Waals surface area contributed by atoms with Crippen molar-refractivity contribution in [3.63, 3.8) is 0 Å². The molecule has 0 saturated carbocycles. The molecule has 1 fully saturated rings. The van der Waals surface area contributed by atoms with Crippen molar-refractivity contribution in [3.8, 4) is 0 Å². The maximum atomic E-state index is 12.4. The molecule has 0 aromatic heterocycles. The van der Waals surface area contributed by atoms with Crippen molar-refractivity contribution < 1.29 is 9.53 Å². The molecule has 110 valence electrons. The van der Waals surface area contributed by atoms with Gasteiger partial charge in [-0.25, -0.2) is 0 Å². The van der Waals surface area contributed by atoms with Crippen molar-refractivity contribution >= 4 is 23.5 Å². The smallest absolute Gasteiger partial charge is 0.261 e. The van der Waals surface area contributed by atoms with Gasteiger partial charge >= 0.3 is 0 Å². The van der Waals surface area contributed by atoms with Gasteiger partial charge in [0.25, 0.3) is 5.91 Å². The van der Waals surface area contributed by atoms with E-state index in [0.717, 1.165) is 30.8 Å². The highest BCUT2D eigenvalue weighted by Gasteiger charge is 2.33. The zero-order valence-corrected chi connectivity index (χ0v) is 12.1. The van der Waals surface area contributed by atoms with Crippen LogP contribution in [0, 0.1) is 5.92 Å². The molecule has 0 N–H and O–H groups in total. The Kier molecular flexibility index (Phi) is 4.10. The van der Waals surface area contributed by atoms with Crippen molar-refractivity contribution in [2.24, 2.45) is 16.0 Å². The van der Waals surface area contributed by atoms with Crippen LogP contribution in [-0.2, 0) is 9.53 Å². The fraction of sp³-hybridized carbons (Fsp3) is 0.438. The van der Waals surface area contributed by atoms with Crippen LogP contribution in [0.1, 0.15) is 19.8 Å². The van der Waals surface area contributed by atoms with E-state index >= 15 is 0 Å². The van der Waals surface area contributed by atoms with E-state index in [1.165, 1.54) is 5.01 Å². The molecule has 2 aliphatic heterocycles. The van der Waals surface area contributed by atoms with E-state index in [9.17, 15) is 4.79 Å². The lowest BCUT2D eigenvalue weighted by molar-refractivity contribution is -0.118. The quantitative estimate of drug-likeness (QED) is 0.797. The molecule has 3 rings (SSSR count). The van der Waals surface area contributed by atoms with E-state index in [1.807, 2.05) is 37.3 Å². The summed E-state index contributed by atoms with van der Waals surface area (Å²) in [5, 5.41) is 5.81. The van der Waals surface area contributed by atoms with Crippen LogP contribution in [0.5, 0.6) is 0 Å². The average molecular weight is 285 g/mol. The van der Waals surface area contributed by atoms with E-state index in [-0.39, 0.29) is 17.9 Å². The lowest BCUT2D eigenvalue weighted by atomic mass is 10.1. The summed E-state index contributed by atoms with van der Waals surface area (Å²) >= 11 is 0. The summed E-state index contributed by atoms with van der Waals surface area (Å²) in [6, 6.07) is 9.46. The minimum atomic E-state index is -0.355. The molecule has 0 spiro atoms. The van der Waals surface area contributed by atoms with E-state index in [4.69, 9.17) is 4.74 Å². The van der Waals surface area contributed by atoms with Gasteiger partial charge in [0.15, 0.2) is 0 Å². The Hall–Kier alpha value is -2.01. The lowest BCUT2D eigenvalue weighted by Crippen LogP contribution is -2.28. The van der Waals surface area contributed by atoms with E-state index in [2.05, 4.69) is 10.1 Å². The fourth-order valence-electron chi connectivity index (χ4n) is 2.58. The topological polar surface area (TPSA) is 54.3 Å². The maximum absolute atomic E-state index is 12.4. The number of benzene rings is 1. The van der Waals surface area contributed by atoms with Crippen LogP contribution in [-0.4, -0.2) is 37.1 Å². The zero-order valence-electron chi connectivity index (χ0n) is 12.1. The summed E-state index contributed by atoms with van der Waals surface area (Å²) in [6.45, 7) is 3.32. The Morgan fingerprint density at radius 1 is 1.43 bits per heavy atom. The minimum Gasteiger partial charge on any atom is -0.376 e. The van der Waals surface area contributed by atoms with Crippen LogP contribution >= 0.6 is 0 Å². The van der Waals surface area contributed by atoms with Gasteiger partial charge in [0.05, 0.1) is 24.0 Å². The first-order chi connectivity index (χ1) is 10.3. The third-order valence-electron chi connectivity index (χ3n) is 3.77. The molecule has 1 aromatic carbocycles. The highest BCUT2D eigenvalue weighted by molar-refractivity contribution is 6.23. The third kappa shape index (κ3) is 3.03. The number of hydrazone groups is 1. The number of hydrogen-bond acceptors (Lipinski definition) is 4. The number of amides is 1. The van der Waals surface area contributed by atoms with Crippen LogP contribution < -0.4 is 5.01 Å². The SMILES string of the molecule is CC1=NN(c2ccccc2)C(=O)[C@@H]1C=NC[C@@H]1CCCO1. The number of rotatable bonds is 4. The van der Waals surface area contributed by atoms with E-state index < -0.39 is 0 Å². The molecule has 2 heterocycles. The van der Waals surface area contributed by atoms with Crippen molar-refractivity contribution in [2.75, 3.05) is 18.2 Å². The Labute approximate surface area is 124 Å². The van der Waals surface area contributed by atoms with Crippen LogP contribution in [0.3, 0.4) is 0 Å². The molecule has 1 saturated heterocycles. The second-order valence-electron chi connectivity index (χ2n) is 5.35. The van der Waals surface area contributed by atoms with Crippen molar-refractivity contribution in [3.05, 3.63) is 30.3 Å². The molecule has 5 heteroatoms. The van der Waals surface area contributed by atoms with Crippen LogP contribution in [0.25, 0.3) is 0 Å². The first-order valence-corrected chi connectivity index (χ1v) is 7.31. The summed E-state index contributed by atoms with van der Waals surface area (Å²) in [4.78, 5) is 16.8. The maximum Gasteiger partial charge on any atom is 0.261 e. The number of carbonyl (C=O) groups excluding carboxylic acids is 1. The predicted molar refractivity (Wildman–Crippen MR) is 82.9 cm³/mol. The van der Waals surface area contributed by atoms with Crippen LogP contribution in [0.4, 0.5) is 5.69 Å². The fourth-order valence-corrected chi connectivity index (χ4v) is 2.58. The van der Waals surface area contributed by atoms with Gasteiger partial charge in [-0.3, -0.25) is 9.79 Å². The van der Waals surface area contributed by atoms with Crippen LogP contribution in [0.15, 0.2) is 40.4 Å². The number of aliphatic imine (C=N–C) groups is 1. The van der Waals surface area contributed by atoms with Crippen molar-refractivity contribution in [1.82, 2.24) is 0 Å². The molecular weight excluding hydrogens is 266 g/mol. The second kappa shape index (κ2) is 6.18. The largest absolute Gasteiger partial charge is 0.376 e. The summed E-state index contributed by atoms with van der Waals surface area (Å²) < 4.78 is 5.52. The van der Waals surface area contributed by atoms with Gasteiger partial charge in [0, 0.05) is 12.8 Å². The molecule has 0 unspecified atom stereocenters. The van der Waals surface area contributed by atoms with E-state index in [0.29, 0.717) is 6.54 Å². The van der Waals surface area contributed by atoms with Gasteiger partial charge in [-0.05, 0) is 31.9 Å². The van der Waals surface area contributed by atoms with Gasteiger partial charge < -0.3 is 4.74 Å². The molecule has 1 amide bonds. The number of hydrogen-bond donors (Lipinski definition) is 0. The molecule has 0 aliphatic carbocycles. The van der Waals surface area contributed by atoms with E-state index in [1.54, 1.807) is 6.21 Å². The monoisotopic (exact) mass is 285 g/mol. The first kappa shape index (κ1) is 13.9. The van der Waals surface area contributed by atoms with Crippen molar-refractivity contribution in [2.45, 2.75) is 25.9 Å². The second-order valence-corrected chi connectivity index (χ2v) is 5.35. The number of anilines is 1. The third-order valence-corrected chi connectivity index (χ3v) is 3.77. The van der Waals surface area contributed by atoms with Crippen molar-refractivity contribution in [1.29, 1.82) is 0 Å². The molecule has 0 bridgehead atoms. The van der Waals surface area contributed by atoms with Gasteiger partial charge in [-0.1, -0.05) is 18.2 Å². The normalized spacial score (nSPS) is 25.9. The van der Waals surface area contributed by atoms with Crippen LogP contribution in [0.2, 0.25) is 0 Å². The Morgan fingerprint density at radius 2 is 2.24 bits per heavy atom. The molecule has 1 aromatic rings. The predicted octanol–water partition coefficient (Wildman–Crippen LogP) is 2.28. The van der Waals surface area contributed by atoms with Gasteiger partial charge in [-0.15, -0.1) is 0 Å². The Bertz CT molecular complexity index is 562. The minimum absolute atomic E-state index is 0.0465. The summed E-state index contributed by atoms with van der Waals surface area (Å²) in [5.74, 6) is -0.401. The van der Waals surface area contributed by atoms with Gasteiger partial charge in [-0.2, -0.15) is 10.1 Å². The molecule has 0 radical (unpaired) electrons. The number of para-hydroxylation sites is 1. The zero-order chi connectivity index (χ0) is 14.7. The molecular formula is C16H19N3O2.